The zero-order valence-electron chi connectivity index (χ0n) is 12.2. The molecule has 0 bridgehead atoms. The predicted molar refractivity (Wildman–Crippen MR) is 82.0 cm³/mol. The van der Waals surface area contributed by atoms with Crippen LogP contribution >= 0.6 is 11.6 Å². The van der Waals surface area contributed by atoms with Crippen molar-refractivity contribution in [1.29, 1.82) is 0 Å². The molecule has 2 unspecified atom stereocenters. The number of hydrogen-bond donors (Lipinski definition) is 1. The number of nitrogens with one attached hydrogen (secondary N) is 1. The first-order chi connectivity index (χ1) is 10.1. The predicted octanol–water partition coefficient (Wildman–Crippen LogP) is 2.59. The topological polar surface area (TPSA) is 41.6 Å². The molecule has 2 aliphatic heterocycles. The van der Waals surface area contributed by atoms with Gasteiger partial charge in [0.25, 0.3) is 0 Å². The smallest absolute Gasteiger partial charge is 0.241 e. The Morgan fingerprint density at radius 1 is 1.29 bits per heavy atom. The molecule has 2 fully saturated rings. The van der Waals surface area contributed by atoms with Crippen LogP contribution in [0.1, 0.15) is 31.5 Å². The number of carbonyl (C=O) groups is 1. The highest BCUT2D eigenvalue weighted by Crippen LogP contribution is 2.29. The Morgan fingerprint density at radius 2 is 1.95 bits per heavy atom. The molecule has 5 heteroatoms. The SMILES string of the molecule is CC1NC(c2ccc(Cl)cc2)N(CC2CCOCC2)C1=O. The number of carbonyl (C=O) groups excluding carboxylic acids is 1. The second kappa shape index (κ2) is 6.34. The lowest BCUT2D eigenvalue weighted by Crippen LogP contribution is -2.36. The lowest BCUT2D eigenvalue weighted by atomic mass is 9.99. The zero-order valence-corrected chi connectivity index (χ0v) is 13.0. The molecule has 1 aromatic rings. The third-order valence-corrected chi connectivity index (χ3v) is 4.61. The summed E-state index contributed by atoms with van der Waals surface area (Å²) in [5, 5.41) is 4.10. The molecule has 1 amide bonds. The average molecular weight is 309 g/mol. The molecule has 2 atom stereocenters. The number of rotatable bonds is 3. The monoisotopic (exact) mass is 308 g/mol. The van der Waals surface area contributed by atoms with Gasteiger partial charge in [-0.1, -0.05) is 23.7 Å². The molecular formula is C16H21ClN2O2. The molecule has 114 valence electrons. The van der Waals surface area contributed by atoms with Crippen molar-refractivity contribution >= 4 is 17.5 Å². The average Bonchev–Trinajstić information content (AvgIpc) is 2.78. The number of amides is 1. The Labute approximate surface area is 130 Å². The Hall–Kier alpha value is -1.10. The van der Waals surface area contributed by atoms with E-state index in [2.05, 4.69) is 5.32 Å². The Kier molecular flexibility index (Phi) is 4.48. The van der Waals surface area contributed by atoms with Crippen LogP contribution in [0.5, 0.6) is 0 Å². The molecule has 1 aromatic carbocycles. The van der Waals surface area contributed by atoms with E-state index in [1.807, 2.05) is 36.1 Å². The fraction of sp³-hybridized carbons (Fsp3) is 0.562. The summed E-state index contributed by atoms with van der Waals surface area (Å²) in [5.41, 5.74) is 1.09. The normalized spacial score (nSPS) is 27.3. The summed E-state index contributed by atoms with van der Waals surface area (Å²) in [6.45, 7) is 4.34. The van der Waals surface area contributed by atoms with E-state index in [0.29, 0.717) is 10.9 Å². The first kappa shape index (κ1) is 14.8. The summed E-state index contributed by atoms with van der Waals surface area (Å²) in [6.07, 6.45) is 2.02. The molecule has 1 N–H and O–H groups in total. The maximum atomic E-state index is 12.4. The van der Waals surface area contributed by atoms with Crippen LogP contribution in [0, 0.1) is 5.92 Å². The van der Waals surface area contributed by atoms with Crippen molar-refractivity contribution in [3.8, 4) is 0 Å². The minimum absolute atomic E-state index is 0.0485. The standard InChI is InChI=1S/C16H21ClN2O2/c1-11-16(20)19(10-12-6-8-21-9-7-12)15(18-11)13-2-4-14(17)5-3-13/h2-5,11-12,15,18H,6-10H2,1H3. The zero-order chi connectivity index (χ0) is 14.8. The lowest BCUT2D eigenvalue weighted by molar-refractivity contribution is -0.130. The van der Waals surface area contributed by atoms with Crippen LogP contribution in [0.3, 0.4) is 0 Å². The second-order valence-corrected chi connectivity index (χ2v) is 6.33. The molecule has 2 aliphatic rings. The summed E-state index contributed by atoms with van der Waals surface area (Å²) >= 11 is 5.95. The van der Waals surface area contributed by atoms with Crippen LogP contribution in [0.2, 0.25) is 5.02 Å². The van der Waals surface area contributed by atoms with Crippen LogP contribution in [0.25, 0.3) is 0 Å². The quantitative estimate of drug-likeness (QED) is 0.933. The highest BCUT2D eigenvalue weighted by atomic mass is 35.5. The van der Waals surface area contributed by atoms with Crippen LogP contribution in [0.15, 0.2) is 24.3 Å². The number of hydrogen-bond acceptors (Lipinski definition) is 3. The molecule has 4 nitrogen and oxygen atoms in total. The Morgan fingerprint density at radius 3 is 2.62 bits per heavy atom. The van der Waals surface area contributed by atoms with Gasteiger partial charge in [-0.3, -0.25) is 10.1 Å². The van der Waals surface area contributed by atoms with Gasteiger partial charge in [-0.25, -0.2) is 0 Å². The minimum Gasteiger partial charge on any atom is -0.381 e. The molecule has 3 rings (SSSR count). The van der Waals surface area contributed by atoms with Crippen molar-refractivity contribution in [2.75, 3.05) is 19.8 Å². The van der Waals surface area contributed by atoms with Gasteiger partial charge in [-0.2, -0.15) is 0 Å². The van der Waals surface area contributed by atoms with Crippen molar-refractivity contribution in [3.63, 3.8) is 0 Å². The number of nitrogens with zero attached hydrogens (tertiary/aromatic N) is 1. The van der Waals surface area contributed by atoms with Crippen LogP contribution in [-0.2, 0) is 9.53 Å². The molecule has 0 spiro atoms. The van der Waals surface area contributed by atoms with Gasteiger partial charge in [0, 0.05) is 24.8 Å². The third kappa shape index (κ3) is 3.23. The van der Waals surface area contributed by atoms with Gasteiger partial charge in [0.05, 0.1) is 6.04 Å². The summed E-state index contributed by atoms with van der Waals surface area (Å²) in [5.74, 6) is 0.714. The largest absolute Gasteiger partial charge is 0.381 e. The molecule has 21 heavy (non-hydrogen) atoms. The molecule has 2 heterocycles. The van der Waals surface area contributed by atoms with E-state index < -0.39 is 0 Å². The molecule has 0 aliphatic carbocycles. The first-order valence-corrected chi connectivity index (χ1v) is 7.92. The van der Waals surface area contributed by atoms with Gasteiger partial charge < -0.3 is 9.64 Å². The van der Waals surface area contributed by atoms with Gasteiger partial charge >= 0.3 is 0 Å². The van der Waals surface area contributed by atoms with Crippen LogP contribution in [0.4, 0.5) is 0 Å². The second-order valence-electron chi connectivity index (χ2n) is 5.89. The van der Waals surface area contributed by atoms with Crippen LogP contribution < -0.4 is 5.32 Å². The summed E-state index contributed by atoms with van der Waals surface area (Å²) in [7, 11) is 0. The third-order valence-electron chi connectivity index (χ3n) is 4.35. The molecule has 2 saturated heterocycles. The van der Waals surface area contributed by atoms with Gasteiger partial charge in [0.2, 0.25) is 5.91 Å². The van der Waals surface area contributed by atoms with E-state index >= 15 is 0 Å². The fourth-order valence-electron chi connectivity index (χ4n) is 3.10. The van der Waals surface area contributed by atoms with Crippen molar-refractivity contribution in [2.45, 2.75) is 32.0 Å². The number of benzene rings is 1. The van der Waals surface area contributed by atoms with Gasteiger partial charge in [-0.15, -0.1) is 0 Å². The van der Waals surface area contributed by atoms with E-state index in [4.69, 9.17) is 16.3 Å². The molecule has 0 radical (unpaired) electrons. The Bertz CT molecular complexity index is 500. The van der Waals surface area contributed by atoms with Gasteiger partial charge in [0.15, 0.2) is 0 Å². The fourth-order valence-corrected chi connectivity index (χ4v) is 3.22. The van der Waals surface area contributed by atoms with E-state index in [0.717, 1.165) is 38.2 Å². The van der Waals surface area contributed by atoms with Gasteiger partial charge in [0.1, 0.15) is 6.17 Å². The minimum atomic E-state index is -0.134. The highest BCUT2D eigenvalue weighted by molar-refractivity contribution is 6.30. The van der Waals surface area contributed by atoms with E-state index in [1.165, 1.54) is 0 Å². The summed E-state index contributed by atoms with van der Waals surface area (Å²) < 4.78 is 5.40. The highest BCUT2D eigenvalue weighted by Gasteiger charge is 2.38. The van der Waals surface area contributed by atoms with Crippen molar-refractivity contribution in [3.05, 3.63) is 34.9 Å². The van der Waals surface area contributed by atoms with E-state index in [-0.39, 0.29) is 18.1 Å². The van der Waals surface area contributed by atoms with Gasteiger partial charge in [-0.05, 0) is 43.4 Å². The van der Waals surface area contributed by atoms with E-state index in [1.54, 1.807) is 0 Å². The lowest BCUT2D eigenvalue weighted by Gasteiger charge is -2.31. The van der Waals surface area contributed by atoms with Crippen molar-refractivity contribution < 1.29 is 9.53 Å². The van der Waals surface area contributed by atoms with Crippen LogP contribution in [-0.4, -0.2) is 36.6 Å². The summed E-state index contributed by atoms with van der Waals surface area (Å²) in [4.78, 5) is 14.4. The summed E-state index contributed by atoms with van der Waals surface area (Å²) in [6, 6.07) is 7.59. The maximum absolute atomic E-state index is 12.4. The van der Waals surface area contributed by atoms with Crippen molar-refractivity contribution in [1.82, 2.24) is 10.2 Å². The first-order valence-electron chi connectivity index (χ1n) is 7.55. The Balaban J connectivity index is 1.77. The molecule has 0 saturated carbocycles. The molecular weight excluding hydrogens is 288 g/mol. The molecule has 0 aromatic heterocycles. The maximum Gasteiger partial charge on any atom is 0.241 e. The number of ether oxygens (including phenoxy) is 1. The van der Waals surface area contributed by atoms with E-state index in [9.17, 15) is 4.79 Å². The number of halogens is 1. The van der Waals surface area contributed by atoms with Crippen molar-refractivity contribution in [2.24, 2.45) is 5.92 Å².